The molecule has 1 aliphatic heterocycles. The van der Waals surface area contributed by atoms with Crippen LogP contribution in [-0.2, 0) is 35.7 Å². The van der Waals surface area contributed by atoms with Crippen LogP contribution in [-0.4, -0.2) is 68.7 Å². The highest BCUT2D eigenvalue weighted by molar-refractivity contribution is 7.89. The van der Waals surface area contributed by atoms with Gasteiger partial charge < -0.3 is 19.4 Å². The van der Waals surface area contributed by atoms with Crippen molar-refractivity contribution in [2.24, 2.45) is 5.16 Å². The summed E-state index contributed by atoms with van der Waals surface area (Å²) < 4.78 is 38.7. The maximum absolute atomic E-state index is 13.1. The van der Waals surface area contributed by atoms with Gasteiger partial charge >= 0.3 is 0 Å². The van der Waals surface area contributed by atoms with Crippen LogP contribution in [0.4, 0.5) is 5.13 Å². The van der Waals surface area contributed by atoms with Gasteiger partial charge in [-0.1, -0.05) is 28.6 Å². The molecule has 2 atom stereocenters. The standard InChI is InChI=1S/C23H30N4O7S2/c1-32-14-19-13-24-23(35-19)25-22(29)21(26-34-18-5-4-17(28)12-18)15-2-6-20(7-3-15)36(30,31)27-16-8-10-33-11-9-16/h2-3,6-7,13,16-18,27-28H,4-5,8-12,14H2,1H3,(H,24,25,29)/t17-,18-/m1/s1. The maximum Gasteiger partial charge on any atom is 0.280 e. The number of benzene rings is 1. The van der Waals surface area contributed by atoms with Crippen LogP contribution in [0.3, 0.4) is 0 Å². The number of rotatable bonds is 10. The second-order valence-corrected chi connectivity index (χ2v) is 11.5. The number of methoxy groups -OCH3 is 1. The molecule has 1 saturated heterocycles. The third-order valence-corrected chi connectivity index (χ3v) is 8.33. The first-order valence-corrected chi connectivity index (χ1v) is 14.0. The molecule has 1 aliphatic carbocycles. The molecule has 0 radical (unpaired) electrons. The van der Waals surface area contributed by atoms with Gasteiger partial charge in [-0.3, -0.25) is 10.1 Å². The molecule has 13 heteroatoms. The number of oxime groups is 1. The van der Waals surface area contributed by atoms with Crippen molar-refractivity contribution in [2.75, 3.05) is 25.6 Å². The Bertz CT molecular complexity index is 1160. The summed E-state index contributed by atoms with van der Waals surface area (Å²) >= 11 is 1.27. The van der Waals surface area contributed by atoms with E-state index in [-0.39, 0.29) is 22.8 Å². The molecule has 0 unspecified atom stereocenters. The van der Waals surface area contributed by atoms with E-state index in [1.165, 1.54) is 35.6 Å². The first kappa shape index (κ1) is 26.6. The SMILES string of the molecule is COCc1cnc(NC(=O)C(=NO[C@@H]2CC[C@@H](O)C2)c2ccc(S(=O)(=O)NC3CCOCC3)cc2)s1. The zero-order valence-electron chi connectivity index (χ0n) is 19.9. The van der Waals surface area contributed by atoms with E-state index in [9.17, 15) is 18.3 Å². The van der Waals surface area contributed by atoms with Crippen LogP contribution >= 0.6 is 11.3 Å². The third kappa shape index (κ3) is 7.08. The molecule has 0 spiro atoms. The normalized spacial score (nSPS) is 21.4. The Morgan fingerprint density at radius 2 is 1.97 bits per heavy atom. The van der Waals surface area contributed by atoms with Crippen LogP contribution in [0.2, 0.25) is 0 Å². The van der Waals surface area contributed by atoms with E-state index in [2.05, 4.69) is 20.2 Å². The number of amides is 1. The second-order valence-electron chi connectivity index (χ2n) is 8.69. The Hall–Kier alpha value is -2.42. The van der Waals surface area contributed by atoms with E-state index in [1.807, 2.05) is 0 Å². The van der Waals surface area contributed by atoms with Crippen LogP contribution in [0.1, 0.15) is 42.5 Å². The van der Waals surface area contributed by atoms with E-state index in [1.54, 1.807) is 13.3 Å². The van der Waals surface area contributed by atoms with Crippen molar-refractivity contribution in [2.45, 2.75) is 61.9 Å². The Labute approximate surface area is 213 Å². The minimum Gasteiger partial charge on any atom is -0.393 e. The van der Waals surface area contributed by atoms with Gasteiger partial charge in [0.15, 0.2) is 10.8 Å². The highest BCUT2D eigenvalue weighted by Crippen LogP contribution is 2.23. The van der Waals surface area contributed by atoms with E-state index < -0.39 is 22.0 Å². The number of aliphatic hydroxyl groups excluding tert-OH is 1. The number of sulfonamides is 1. The van der Waals surface area contributed by atoms with Gasteiger partial charge in [-0.05, 0) is 37.8 Å². The van der Waals surface area contributed by atoms with Crippen molar-refractivity contribution in [3.63, 3.8) is 0 Å². The van der Waals surface area contributed by atoms with Gasteiger partial charge in [0.1, 0.15) is 6.10 Å². The number of hydrogen-bond donors (Lipinski definition) is 3. The summed E-state index contributed by atoms with van der Waals surface area (Å²) in [5.74, 6) is -0.553. The monoisotopic (exact) mass is 538 g/mol. The van der Waals surface area contributed by atoms with Crippen LogP contribution in [0.15, 0.2) is 40.5 Å². The number of aliphatic hydroxyl groups is 1. The van der Waals surface area contributed by atoms with E-state index in [0.29, 0.717) is 62.6 Å². The van der Waals surface area contributed by atoms with Crippen LogP contribution in [0.25, 0.3) is 0 Å². The minimum absolute atomic E-state index is 0.0267. The van der Waals surface area contributed by atoms with Crippen molar-refractivity contribution in [1.82, 2.24) is 9.71 Å². The van der Waals surface area contributed by atoms with Gasteiger partial charge in [-0.2, -0.15) is 0 Å². The van der Waals surface area contributed by atoms with Crippen molar-refractivity contribution >= 4 is 38.1 Å². The fourth-order valence-corrected chi connectivity index (χ4v) is 6.08. The first-order chi connectivity index (χ1) is 17.3. The molecule has 196 valence electrons. The summed E-state index contributed by atoms with van der Waals surface area (Å²) in [6.45, 7) is 1.41. The van der Waals surface area contributed by atoms with E-state index in [4.69, 9.17) is 14.3 Å². The van der Waals surface area contributed by atoms with Gasteiger partial charge in [-0.25, -0.2) is 18.1 Å². The average Bonchev–Trinajstić information content (AvgIpc) is 3.48. The van der Waals surface area contributed by atoms with Crippen molar-refractivity contribution < 1.29 is 32.6 Å². The van der Waals surface area contributed by atoms with Gasteiger partial charge in [0.05, 0.1) is 22.5 Å². The minimum atomic E-state index is -3.73. The number of ether oxygens (including phenoxy) is 2. The summed E-state index contributed by atoms with van der Waals surface area (Å²) in [5.41, 5.74) is 0.353. The van der Waals surface area contributed by atoms with Gasteiger partial charge in [0.2, 0.25) is 10.0 Å². The molecule has 1 saturated carbocycles. The van der Waals surface area contributed by atoms with Crippen molar-refractivity contribution in [3.05, 3.63) is 40.9 Å². The lowest BCUT2D eigenvalue weighted by molar-refractivity contribution is -0.110. The highest BCUT2D eigenvalue weighted by Gasteiger charge is 2.26. The average molecular weight is 539 g/mol. The smallest absolute Gasteiger partial charge is 0.280 e. The Balaban J connectivity index is 1.52. The van der Waals surface area contributed by atoms with Gasteiger partial charge in [0.25, 0.3) is 5.91 Å². The number of thiazole rings is 1. The Kier molecular flexibility index (Phi) is 9.04. The zero-order valence-corrected chi connectivity index (χ0v) is 21.5. The van der Waals surface area contributed by atoms with Crippen molar-refractivity contribution in [1.29, 1.82) is 0 Å². The second kappa shape index (κ2) is 12.2. The van der Waals surface area contributed by atoms with E-state index in [0.717, 1.165) is 4.88 Å². The fourth-order valence-electron chi connectivity index (χ4n) is 3.99. The zero-order chi connectivity index (χ0) is 25.5. The molecule has 1 amide bonds. The number of carbonyl (C=O) groups is 1. The summed E-state index contributed by atoms with van der Waals surface area (Å²) in [6.07, 6.45) is 3.75. The lowest BCUT2D eigenvalue weighted by Gasteiger charge is -2.23. The number of anilines is 1. The molecule has 1 aromatic heterocycles. The molecular formula is C23H30N4O7S2. The molecule has 4 rings (SSSR count). The number of nitrogens with one attached hydrogen (secondary N) is 2. The molecule has 2 fully saturated rings. The number of nitrogens with zero attached hydrogens (tertiary/aromatic N) is 2. The predicted molar refractivity (Wildman–Crippen MR) is 133 cm³/mol. The summed E-state index contributed by atoms with van der Waals surface area (Å²) in [5, 5.41) is 16.9. The molecule has 36 heavy (non-hydrogen) atoms. The lowest BCUT2D eigenvalue weighted by Crippen LogP contribution is -2.38. The largest absolute Gasteiger partial charge is 0.393 e. The molecule has 0 bridgehead atoms. The van der Waals surface area contributed by atoms with Gasteiger partial charge in [-0.15, -0.1) is 0 Å². The molecule has 2 aromatic rings. The fraction of sp³-hybridized carbons (Fsp3) is 0.522. The Morgan fingerprint density at radius 1 is 1.22 bits per heavy atom. The predicted octanol–water partition coefficient (Wildman–Crippen LogP) is 2.02. The first-order valence-electron chi connectivity index (χ1n) is 11.7. The number of carbonyl (C=O) groups excluding carboxylic acids is 1. The van der Waals surface area contributed by atoms with Crippen LogP contribution in [0.5, 0.6) is 0 Å². The maximum atomic E-state index is 13.1. The van der Waals surface area contributed by atoms with Crippen molar-refractivity contribution in [3.8, 4) is 0 Å². The molecular weight excluding hydrogens is 508 g/mol. The molecule has 1 aromatic carbocycles. The van der Waals surface area contributed by atoms with Gasteiger partial charge in [0, 0.05) is 44.5 Å². The highest BCUT2D eigenvalue weighted by atomic mass is 32.2. The topological polar surface area (TPSA) is 148 Å². The van der Waals surface area contributed by atoms with Crippen LogP contribution < -0.4 is 10.0 Å². The summed E-state index contributed by atoms with van der Waals surface area (Å²) in [6, 6.07) is 5.71. The van der Waals surface area contributed by atoms with Crippen LogP contribution in [0, 0.1) is 0 Å². The molecule has 2 aliphatic rings. The molecule has 11 nitrogen and oxygen atoms in total. The number of hydrogen-bond acceptors (Lipinski definition) is 10. The third-order valence-electron chi connectivity index (χ3n) is 5.91. The number of aromatic nitrogens is 1. The Morgan fingerprint density at radius 3 is 2.64 bits per heavy atom. The van der Waals surface area contributed by atoms with E-state index >= 15 is 0 Å². The molecule has 3 N–H and O–H groups in total. The summed E-state index contributed by atoms with van der Waals surface area (Å²) in [4.78, 5) is 23.8. The quantitative estimate of drug-likeness (QED) is 0.307. The molecule has 2 heterocycles. The lowest BCUT2D eigenvalue weighted by atomic mass is 10.1. The summed E-state index contributed by atoms with van der Waals surface area (Å²) in [7, 11) is -2.16.